The first-order valence-electron chi connectivity index (χ1n) is 4.21. The van der Waals surface area contributed by atoms with Gasteiger partial charge >= 0.3 is 5.97 Å². The van der Waals surface area contributed by atoms with E-state index in [-0.39, 0.29) is 17.6 Å². The number of benzene rings is 1. The molecule has 1 N–H and O–H groups in total. The number of aromatic hydroxyl groups is 1. The molecule has 3 nitrogen and oxygen atoms in total. The van der Waals surface area contributed by atoms with Gasteiger partial charge < -0.3 is 9.84 Å². The quantitative estimate of drug-likeness (QED) is 0.661. The van der Waals surface area contributed by atoms with Crippen LogP contribution in [0.1, 0.15) is 17.9 Å². The summed E-state index contributed by atoms with van der Waals surface area (Å²) in [4.78, 5) is 10.8. The molecule has 0 aromatic heterocycles. The topological polar surface area (TPSA) is 46.5 Å². The minimum atomic E-state index is -0.187. The predicted molar refractivity (Wildman–Crippen MR) is 46.4 cm³/mol. The maximum atomic E-state index is 10.8. The average molecular weight is 178 g/mol. The van der Waals surface area contributed by atoms with E-state index >= 15 is 0 Å². The number of hydrogen-bond donors (Lipinski definition) is 1. The summed E-state index contributed by atoms with van der Waals surface area (Å²) in [6, 6.07) is 7.05. The van der Waals surface area contributed by atoms with Crippen molar-refractivity contribution in [3.05, 3.63) is 29.8 Å². The highest BCUT2D eigenvalue weighted by Gasteiger charge is 2.26. The lowest BCUT2D eigenvalue weighted by molar-refractivity contribution is -0.137. The Bertz CT molecular complexity index is 333. The first-order valence-corrected chi connectivity index (χ1v) is 4.21. The van der Waals surface area contributed by atoms with Crippen molar-refractivity contribution in [1.82, 2.24) is 0 Å². The molecule has 1 atom stereocenters. The summed E-state index contributed by atoms with van der Waals surface area (Å²) >= 11 is 0. The van der Waals surface area contributed by atoms with Crippen molar-refractivity contribution < 1.29 is 14.6 Å². The molecule has 0 bridgehead atoms. The third kappa shape index (κ3) is 1.49. The summed E-state index contributed by atoms with van der Waals surface area (Å²) in [5, 5.41) is 9.49. The summed E-state index contributed by atoms with van der Waals surface area (Å²) in [5.41, 5.74) is 0.799. The van der Waals surface area contributed by atoms with E-state index in [9.17, 15) is 9.90 Å². The second kappa shape index (κ2) is 3.09. The van der Waals surface area contributed by atoms with E-state index in [4.69, 9.17) is 4.74 Å². The number of cyclic esters (lactones) is 1. The van der Waals surface area contributed by atoms with Crippen molar-refractivity contribution in [3.63, 3.8) is 0 Å². The molecule has 3 heteroatoms. The van der Waals surface area contributed by atoms with Crippen LogP contribution < -0.4 is 0 Å². The Kier molecular flexibility index (Phi) is 1.93. The van der Waals surface area contributed by atoms with Gasteiger partial charge in [-0.3, -0.25) is 4.79 Å². The molecule has 1 fully saturated rings. The van der Waals surface area contributed by atoms with Crippen LogP contribution in [0.5, 0.6) is 5.75 Å². The molecular weight excluding hydrogens is 168 g/mol. The number of rotatable bonds is 1. The number of ether oxygens (including phenoxy) is 1. The van der Waals surface area contributed by atoms with Gasteiger partial charge in [0, 0.05) is 11.5 Å². The predicted octanol–water partition coefficient (Wildman–Crippen LogP) is 1.42. The minimum absolute atomic E-state index is 0.0219. The van der Waals surface area contributed by atoms with Gasteiger partial charge in [-0.25, -0.2) is 0 Å². The van der Waals surface area contributed by atoms with Crippen LogP contribution in [0.3, 0.4) is 0 Å². The Morgan fingerprint density at radius 1 is 1.38 bits per heavy atom. The molecular formula is C10H10O3. The van der Waals surface area contributed by atoms with E-state index in [0.717, 1.165) is 5.56 Å². The Labute approximate surface area is 76.0 Å². The van der Waals surface area contributed by atoms with Crippen molar-refractivity contribution in [2.24, 2.45) is 0 Å². The molecule has 1 aliphatic rings. The highest BCUT2D eigenvalue weighted by Crippen LogP contribution is 2.31. The second-order valence-corrected chi connectivity index (χ2v) is 3.14. The van der Waals surface area contributed by atoms with E-state index in [1.54, 1.807) is 12.1 Å². The molecule has 0 amide bonds. The van der Waals surface area contributed by atoms with Gasteiger partial charge in [0.25, 0.3) is 0 Å². The number of phenolic OH excluding ortho intramolecular Hbond substituents is 1. The van der Waals surface area contributed by atoms with Crippen LogP contribution in [0.4, 0.5) is 0 Å². The maximum absolute atomic E-state index is 10.8. The zero-order valence-electron chi connectivity index (χ0n) is 7.06. The van der Waals surface area contributed by atoms with Gasteiger partial charge in [0.2, 0.25) is 0 Å². The first-order chi connectivity index (χ1) is 6.27. The molecule has 0 saturated carbocycles. The lowest BCUT2D eigenvalue weighted by atomic mass is 9.97. The molecule has 1 aliphatic heterocycles. The van der Waals surface area contributed by atoms with E-state index in [1.165, 1.54) is 0 Å². The molecule has 1 saturated heterocycles. The van der Waals surface area contributed by atoms with Crippen LogP contribution in [0.25, 0.3) is 0 Å². The van der Waals surface area contributed by atoms with E-state index in [1.807, 2.05) is 12.1 Å². The molecule has 1 aromatic carbocycles. The van der Waals surface area contributed by atoms with Crippen molar-refractivity contribution in [2.75, 3.05) is 6.61 Å². The van der Waals surface area contributed by atoms with Gasteiger partial charge in [-0.2, -0.15) is 0 Å². The molecule has 1 aromatic rings. The monoisotopic (exact) mass is 178 g/mol. The van der Waals surface area contributed by atoms with Crippen molar-refractivity contribution >= 4 is 5.97 Å². The van der Waals surface area contributed by atoms with Crippen molar-refractivity contribution in [3.8, 4) is 5.75 Å². The average Bonchev–Trinajstić information content (AvgIpc) is 2.53. The Hall–Kier alpha value is -1.51. The molecule has 0 spiro atoms. The fourth-order valence-electron chi connectivity index (χ4n) is 1.55. The largest absolute Gasteiger partial charge is 0.508 e. The fourth-order valence-corrected chi connectivity index (χ4v) is 1.55. The lowest BCUT2D eigenvalue weighted by Crippen LogP contribution is -1.97. The van der Waals surface area contributed by atoms with Gasteiger partial charge in [-0.1, -0.05) is 18.2 Å². The Morgan fingerprint density at radius 3 is 2.77 bits per heavy atom. The summed E-state index contributed by atoms with van der Waals surface area (Å²) in [6.45, 7) is 0.385. The molecule has 1 unspecified atom stereocenters. The van der Waals surface area contributed by atoms with Crippen LogP contribution >= 0.6 is 0 Å². The van der Waals surface area contributed by atoms with Gasteiger partial charge in [-0.15, -0.1) is 0 Å². The SMILES string of the molecule is O=C1CC(c2ccccc2O)CO1. The number of para-hydroxylation sites is 1. The number of carbonyl (C=O) groups is 1. The number of carbonyl (C=O) groups excluding carboxylic acids is 1. The van der Waals surface area contributed by atoms with Gasteiger partial charge in [-0.05, 0) is 6.07 Å². The molecule has 13 heavy (non-hydrogen) atoms. The highest BCUT2D eigenvalue weighted by molar-refractivity contribution is 5.73. The second-order valence-electron chi connectivity index (χ2n) is 3.14. The maximum Gasteiger partial charge on any atom is 0.306 e. The van der Waals surface area contributed by atoms with Crippen LogP contribution in [-0.4, -0.2) is 17.7 Å². The Morgan fingerprint density at radius 2 is 2.15 bits per heavy atom. The van der Waals surface area contributed by atoms with E-state index < -0.39 is 0 Å². The minimum Gasteiger partial charge on any atom is -0.508 e. The summed E-state index contributed by atoms with van der Waals surface area (Å²) in [6.07, 6.45) is 0.373. The third-order valence-corrected chi connectivity index (χ3v) is 2.24. The fraction of sp³-hybridized carbons (Fsp3) is 0.300. The number of phenols is 1. The summed E-state index contributed by atoms with van der Waals surface area (Å²) in [5.74, 6) is 0.0766. The normalized spacial score (nSPS) is 21.5. The third-order valence-electron chi connectivity index (χ3n) is 2.24. The zero-order chi connectivity index (χ0) is 9.26. The van der Waals surface area contributed by atoms with Crippen molar-refractivity contribution in [1.29, 1.82) is 0 Å². The molecule has 2 rings (SSSR count). The highest BCUT2D eigenvalue weighted by atomic mass is 16.5. The summed E-state index contributed by atoms with van der Waals surface area (Å²) in [7, 11) is 0. The molecule has 0 radical (unpaired) electrons. The van der Waals surface area contributed by atoms with Gasteiger partial charge in [0.15, 0.2) is 0 Å². The lowest BCUT2D eigenvalue weighted by Gasteiger charge is -2.07. The Balaban J connectivity index is 2.26. The van der Waals surface area contributed by atoms with Crippen molar-refractivity contribution in [2.45, 2.75) is 12.3 Å². The molecule has 1 heterocycles. The van der Waals surface area contributed by atoms with Crippen LogP contribution in [0, 0.1) is 0 Å². The van der Waals surface area contributed by atoms with Crippen LogP contribution in [0.15, 0.2) is 24.3 Å². The standard InChI is InChI=1S/C10H10O3/c11-9-4-2-1-3-8(9)7-5-10(12)13-6-7/h1-4,7,11H,5-6H2. The smallest absolute Gasteiger partial charge is 0.306 e. The van der Waals surface area contributed by atoms with Gasteiger partial charge in [0.1, 0.15) is 5.75 Å². The first kappa shape index (κ1) is 8.10. The molecule has 0 aliphatic carbocycles. The molecule has 68 valence electrons. The van der Waals surface area contributed by atoms with Crippen LogP contribution in [-0.2, 0) is 9.53 Å². The van der Waals surface area contributed by atoms with Gasteiger partial charge in [0.05, 0.1) is 13.0 Å². The summed E-state index contributed by atoms with van der Waals surface area (Å²) < 4.78 is 4.82. The van der Waals surface area contributed by atoms with Crippen LogP contribution in [0.2, 0.25) is 0 Å². The number of hydrogen-bond acceptors (Lipinski definition) is 3. The zero-order valence-corrected chi connectivity index (χ0v) is 7.06. The van der Waals surface area contributed by atoms with E-state index in [0.29, 0.717) is 13.0 Å². The van der Waals surface area contributed by atoms with E-state index in [2.05, 4.69) is 0 Å². The number of esters is 1.